The number of fused-ring (bicyclic) bond motifs is 1. The van der Waals surface area contributed by atoms with Gasteiger partial charge in [-0.25, -0.2) is 0 Å². The van der Waals surface area contributed by atoms with Crippen molar-refractivity contribution < 1.29 is 8.42 Å². The molecule has 8 heteroatoms. The maximum atomic E-state index is 12.3. The van der Waals surface area contributed by atoms with Crippen molar-refractivity contribution in [1.82, 2.24) is 18.8 Å². The number of nitrogens with zero attached hydrogens (tertiary/aromatic N) is 5. The summed E-state index contributed by atoms with van der Waals surface area (Å²) < 4.78 is 27.6. The normalized spacial score (nSPS) is 29.0. The molecule has 1 aromatic rings. The molecule has 1 saturated carbocycles. The fourth-order valence-electron chi connectivity index (χ4n) is 3.75. The van der Waals surface area contributed by atoms with E-state index in [1.807, 2.05) is 19.2 Å². The minimum Gasteiger partial charge on any atom is -0.355 e. The van der Waals surface area contributed by atoms with Gasteiger partial charge in [-0.2, -0.15) is 22.1 Å². The third-order valence-electron chi connectivity index (χ3n) is 4.99. The van der Waals surface area contributed by atoms with Gasteiger partial charge in [0.1, 0.15) is 0 Å². The molecule has 2 aliphatic rings. The van der Waals surface area contributed by atoms with Crippen molar-refractivity contribution in [2.45, 2.75) is 18.9 Å². The van der Waals surface area contributed by atoms with Gasteiger partial charge < -0.3 is 4.90 Å². The molecule has 1 saturated heterocycles. The van der Waals surface area contributed by atoms with Crippen molar-refractivity contribution in [3.63, 3.8) is 0 Å². The molecule has 0 bridgehead atoms. The lowest BCUT2D eigenvalue weighted by atomic mass is 9.97. The molecule has 22 heavy (non-hydrogen) atoms. The van der Waals surface area contributed by atoms with Crippen molar-refractivity contribution in [3.8, 4) is 0 Å². The Hall–Kier alpha value is -1.25. The molecular formula is C14H23N5O2S. The smallest absolute Gasteiger partial charge is 0.281 e. The van der Waals surface area contributed by atoms with Gasteiger partial charge in [0.2, 0.25) is 0 Å². The third kappa shape index (κ3) is 2.59. The Morgan fingerprint density at radius 3 is 2.64 bits per heavy atom. The first-order chi connectivity index (χ1) is 10.4. The van der Waals surface area contributed by atoms with Crippen LogP contribution in [-0.2, 0) is 10.2 Å². The molecule has 1 aromatic heterocycles. The molecule has 2 heterocycles. The Balaban J connectivity index is 1.76. The Labute approximate surface area is 132 Å². The number of hydrogen-bond acceptors (Lipinski definition) is 5. The summed E-state index contributed by atoms with van der Waals surface area (Å²) in [5, 5.41) is 8.10. The van der Waals surface area contributed by atoms with Gasteiger partial charge in [0.25, 0.3) is 10.2 Å². The molecule has 0 N–H and O–H groups in total. The van der Waals surface area contributed by atoms with Crippen LogP contribution >= 0.6 is 0 Å². The van der Waals surface area contributed by atoms with Gasteiger partial charge in [-0.1, -0.05) is 0 Å². The quantitative estimate of drug-likeness (QED) is 0.803. The van der Waals surface area contributed by atoms with Crippen molar-refractivity contribution in [1.29, 1.82) is 0 Å². The molecule has 0 aromatic carbocycles. The summed E-state index contributed by atoms with van der Waals surface area (Å²) in [5.41, 5.74) is 0. The summed E-state index contributed by atoms with van der Waals surface area (Å²) >= 11 is 0. The predicted molar refractivity (Wildman–Crippen MR) is 84.6 cm³/mol. The minimum atomic E-state index is -3.31. The van der Waals surface area contributed by atoms with E-state index in [1.165, 1.54) is 4.31 Å². The van der Waals surface area contributed by atoms with Crippen LogP contribution in [-0.4, -0.2) is 67.5 Å². The molecule has 0 unspecified atom stereocenters. The zero-order valence-electron chi connectivity index (χ0n) is 13.3. The monoisotopic (exact) mass is 325 g/mol. The Morgan fingerprint density at radius 1 is 1.23 bits per heavy atom. The highest BCUT2D eigenvalue weighted by atomic mass is 32.2. The molecule has 2 fully saturated rings. The lowest BCUT2D eigenvalue weighted by Crippen LogP contribution is -2.42. The maximum Gasteiger partial charge on any atom is 0.281 e. The first-order valence-corrected chi connectivity index (χ1v) is 8.99. The lowest BCUT2D eigenvalue weighted by molar-refractivity contribution is 0.390. The molecule has 0 amide bonds. The van der Waals surface area contributed by atoms with E-state index >= 15 is 0 Å². The summed E-state index contributed by atoms with van der Waals surface area (Å²) in [5.74, 6) is 1.66. The van der Waals surface area contributed by atoms with Crippen LogP contribution in [0.25, 0.3) is 0 Å². The zero-order chi connectivity index (χ0) is 15.9. The molecule has 122 valence electrons. The number of rotatable bonds is 4. The molecule has 3 rings (SSSR count). The average molecular weight is 325 g/mol. The van der Waals surface area contributed by atoms with E-state index in [1.54, 1.807) is 24.6 Å². The van der Waals surface area contributed by atoms with Crippen LogP contribution in [0.3, 0.4) is 0 Å². The number of hydrogen-bond donors (Lipinski definition) is 0. The second-order valence-electron chi connectivity index (χ2n) is 6.37. The first-order valence-electron chi connectivity index (χ1n) is 7.59. The van der Waals surface area contributed by atoms with Crippen LogP contribution in [0, 0.1) is 11.8 Å². The standard InChI is InChI=1S/C14H23N5O2S/c1-17(2)22(20,21)19-9-11-6-7-13(12(11)10-19)18(3)14-5-4-8-15-16-14/h4-5,8,11-13H,6-7,9-10H2,1-3H3/t11-,12+,13-/m1/s1. The molecule has 1 aliphatic carbocycles. The van der Waals surface area contributed by atoms with E-state index in [9.17, 15) is 8.42 Å². The molecule has 0 spiro atoms. The molecule has 0 radical (unpaired) electrons. The van der Waals surface area contributed by atoms with Gasteiger partial charge in [0, 0.05) is 46.5 Å². The Bertz CT molecular complexity index is 621. The van der Waals surface area contributed by atoms with Crippen molar-refractivity contribution in [2.24, 2.45) is 11.8 Å². The van der Waals surface area contributed by atoms with Crippen LogP contribution in [0.4, 0.5) is 5.82 Å². The average Bonchev–Trinajstić information content (AvgIpc) is 3.07. The van der Waals surface area contributed by atoms with E-state index in [-0.39, 0.29) is 0 Å². The lowest BCUT2D eigenvalue weighted by Gasteiger charge is -2.30. The zero-order valence-corrected chi connectivity index (χ0v) is 14.1. The summed E-state index contributed by atoms with van der Waals surface area (Å²) in [6.45, 7) is 1.23. The summed E-state index contributed by atoms with van der Waals surface area (Å²) in [4.78, 5) is 2.16. The molecule has 7 nitrogen and oxygen atoms in total. The minimum absolute atomic E-state index is 0.323. The second-order valence-corrected chi connectivity index (χ2v) is 8.51. The van der Waals surface area contributed by atoms with Crippen molar-refractivity contribution in [3.05, 3.63) is 18.3 Å². The SMILES string of the molecule is CN(c1cccnn1)[C@@H]1CC[C@@H]2CN(S(=O)(=O)N(C)C)C[C@@H]21. The van der Waals surface area contributed by atoms with Crippen molar-refractivity contribution in [2.75, 3.05) is 39.1 Å². The predicted octanol–water partition coefficient (Wildman–Crippen LogP) is 0.430. The van der Waals surface area contributed by atoms with E-state index in [0.717, 1.165) is 18.7 Å². The number of anilines is 1. The fourth-order valence-corrected chi connectivity index (χ4v) is 4.95. The van der Waals surface area contributed by atoms with Crippen LogP contribution in [0.2, 0.25) is 0 Å². The number of aromatic nitrogens is 2. The van der Waals surface area contributed by atoms with E-state index in [2.05, 4.69) is 15.1 Å². The van der Waals surface area contributed by atoms with Gasteiger partial charge in [-0.3, -0.25) is 0 Å². The first kappa shape index (κ1) is 15.6. The van der Waals surface area contributed by atoms with Gasteiger partial charge >= 0.3 is 0 Å². The van der Waals surface area contributed by atoms with Crippen molar-refractivity contribution >= 4 is 16.0 Å². The summed E-state index contributed by atoms with van der Waals surface area (Å²) in [6.07, 6.45) is 3.81. The Kier molecular flexibility index (Phi) is 4.09. The summed E-state index contributed by atoms with van der Waals surface area (Å²) in [7, 11) is 1.90. The van der Waals surface area contributed by atoms with Crippen LogP contribution in [0.1, 0.15) is 12.8 Å². The molecule has 1 aliphatic heterocycles. The van der Waals surface area contributed by atoms with Gasteiger partial charge in [-0.05, 0) is 36.8 Å². The van der Waals surface area contributed by atoms with Gasteiger partial charge in [0.15, 0.2) is 5.82 Å². The largest absolute Gasteiger partial charge is 0.355 e. The van der Waals surface area contributed by atoms with Gasteiger partial charge in [0.05, 0.1) is 0 Å². The summed E-state index contributed by atoms with van der Waals surface area (Å²) in [6, 6.07) is 4.15. The van der Waals surface area contributed by atoms with E-state index in [4.69, 9.17) is 0 Å². The van der Waals surface area contributed by atoms with Crippen LogP contribution in [0.5, 0.6) is 0 Å². The molecular weight excluding hydrogens is 302 g/mol. The van der Waals surface area contributed by atoms with Crippen LogP contribution in [0.15, 0.2) is 18.3 Å². The van der Waals surface area contributed by atoms with E-state index in [0.29, 0.717) is 31.0 Å². The van der Waals surface area contributed by atoms with Crippen LogP contribution < -0.4 is 4.90 Å². The molecule has 3 atom stereocenters. The second kappa shape index (κ2) is 5.75. The highest BCUT2D eigenvalue weighted by Crippen LogP contribution is 2.42. The highest BCUT2D eigenvalue weighted by molar-refractivity contribution is 7.86. The third-order valence-corrected chi connectivity index (χ3v) is 6.86. The Morgan fingerprint density at radius 2 is 2.00 bits per heavy atom. The fraction of sp³-hybridized carbons (Fsp3) is 0.714. The topological polar surface area (TPSA) is 69.6 Å². The van der Waals surface area contributed by atoms with E-state index < -0.39 is 10.2 Å². The maximum absolute atomic E-state index is 12.3. The van der Waals surface area contributed by atoms with Gasteiger partial charge in [-0.15, -0.1) is 5.10 Å². The highest BCUT2D eigenvalue weighted by Gasteiger charge is 2.47.